The second-order valence-corrected chi connectivity index (χ2v) is 4.24. The van der Waals surface area contributed by atoms with Gasteiger partial charge in [-0.05, 0) is 12.8 Å². The van der Waals surface area contributed by atoms with Crippen LogP contribution in [0.4, 0.5) is 0 Å². The fourth-order valence-electron chi connectivity index (χ4n) is 2.05. The summed E-state index contributed by atoms with van der Waals surface area (Å²) in [5, 5.41) is 3.33. The third kappa shape index (κ3) is 3.32. The van der Waals surface area contributed by atoms with Crippen molar-refractivity contribution in [1.29, 1.82) is 0 Å². The monoisotopic (exact) mass is 233 g/mol. The summed E-state index contributed by atoms with van der Waals surface area (Å²) in [4.78, 5) is 4.21. The Morgan fingerprint density at radius 3 is 3.29 bits per heavy atom. The Kier molecular flexibility index (Phi) is 4.60. The molecule has 1 aliphatic rings. The summed E-state index contributed by atoms with van der Waals surface area (Å²) in [5.41, 5.74) is 1.16. The minimum atomic E-state index is 0.138. The zero-order valence-electron chi connectivity index (χ0n) is 10.1. The normalized spacial score (nSPS) is 20.1. The molecule has 0 amide bonds. The highest BCUT2D eigenvalue weighted by atomic mass is 16.5. The molecule has 1 unspecified atom stereocenters. The van der Waals surface area contributed by atoms with E-state index in [1.807, 2.05) is 12.5 Å². The van der Waals surface area contributed by atoms with Gasteiger partial charge in [0.15, 0.2) is 0 Å². The molecular formula is C13H19N3O. The lowest BCUT2D eigenvalue weighted by Gasteiger charge is -2.24. The molecule has 2 heterocycles. The second-order valence-electron chi connectivity index (χ2n) is 4.24. The van der Waals surface area contributed by atoms with E-state index in [4.69, 9.17) is 11.2 Å². The number of unbranched alkanes of at least 4 members (excludes halogenated alkanes) is 2. The number of rotatable bonds is 5. The number of nitrogens with zero attached hydrogens (tertiary/aromatic N) is 2. The molecule has 4 heteroatoms. The number of morpholine rings is 1. The van der Waals surface area contributed by atoms with Gasteiger partial charge in [0.25, 0.3) is 0 Å². The topological polar surface area (TPSA) is 39.1 Å². The van der Waals surface area contributed by atoms with Crippen LogP contribution in [-0.2, 0) is 11.3 Å². The first-order valence-electron chi connectivity index (χ1n) is 6.17. The molecule has 1 saturated heterocycles. The lowest BCUT2D eigenvalue weighted by Crippen LogP contribution is -2.34. The molecule has 0 bridgehead atoms. The smallest absolute Gasteiger partial charge is 0.111 e. The highest BCUT2D eigenvalue weighted by Gasteiger charge is 2.18. The van der Waals surface area contributed by atoms with Gasteiger partial charge >= 0.3 is 0 Å². The zero-order valence-corrected chi connectivity index (χ0v) is 10.1. The highest BCUT2D eigenvalue weighted by Crippen LogP contribution is 2.18. The van der Waals surface area contributed by atoms with Crippen molar-refractivity contribution >= 4 is 0 Å². The summed E-state index contributed by atoms with van der Waals surface area (Å²) in [5.74, 6) is 2.67. The van der Waals surface area contributed by atoms with E-state index < -0.39 is 0 Å². The highest BCUT2D eigenvalue weighted by molar-refractivity contribution is 5.04. The molecule has 17 heavy (non-hydrogen) atoms. The van der Waals surface area contributed by atoms with Crippen LogP contribution < -0.4 is 5.32 Å². The summed E-state index contributed by atoms with van der Waals surface area (Å²) < 4.78 is 7.91. The Balaban J connectivity index is 1.89. The Morgan fingerprint density at radius 1 is 1.59 bits per heavy atom. The quantitative estimate of drug-likeness (QED) is 0.616. The van der Waals surface area contributed by atoms with Gasteiger partial charge in [0, 0.05) is 26.1 Å². The van der Waals surface area contributed by atoms with Crippen LogP contribution in [0, 0.1) is 12.3 Å². The third-order valence-corrected chi connectivity index (χ3v) is 2.97. The molecule has 92 valence electrons. The van der Waals surface area contributed by atoms with Crippen LogP contribution in [0.15, 0.2) is 12.5 Å². The number of imidazole rings is 1. The number of aryl methyl sites for hydroxylation is 1. The molecule has 1 atom stereocenters. The van der Waals surface area contributed by atoms with Crippen molar-refractivity contribution < 1.29 is 4.74 Å². The minimum Gasteiger partial charge on any atom is -0.369 e. The Labute approximate surface area is 102 Å². The molecule has 1 aliphatic heterocycles. The summed E-state index contributed by atoms with van der Waals surface area (Å²) in [6, 6.07) is 0. The van der Waals surface area contributed by atoms with Crippen LogP contribution >= 0.6 is 0 Å². The van der Waals surface area contributed by atoms with E-state index in [1.165, 1.54) is 0 Å². The van der Waals surface area contributed by atoms with E-state index in [1.54, 1.807) is 0 Å². The SMILES string of the molecule is C#CCCCCn1cncc1C1CNCCO1. The fourth-order valence-corrected chi connectivity index (χ4v) is 2.05. The molecular weight excluding hydrogens is 214 g/mol. The van der Waals surface area contributed by atoms with Gasteiger partial charge in [-0.2, -0.15) is 0 Å². The van der Waals surface area contributed by atoms with Gasteiger partial charge in [-0.3, -0.25) is 0 Å². The van der Waals surface area contributed by atoms with Crippen LogP contribution in [0.1, 0.15) is 31.1 Å². The van der Waals surface area contributed by atoms with E-state index in [0.29, 0.717) is 0 Å². The summed E-state index contributed by atoms with van der Waals surface area (Å²) in [6.45, 7) is 3.55. The molecule has 1 N–H and O–H groups in total. The number of hydrogen-bond donors (Lipinski definition) is 1. The Morgan fingerprint density at radius 2 is 2.53 bits per heavy atom. The lowest BCUT2D eigenvalue weighted by molar-refractivity contribution is 0.0227. The van der Waals surface area contributed by atoms with E-state index in [9.17, 15) is 0 Å². The van der Waals surface area contributed by atoms with Crippen molar-refractivity contribution in [3.05, 3.63) is 18.2 Å². The average Bonchev–Trinajstić information content (AvgIpc) is 2.84. The maximum absolute atomic E-state index is 5.73. The first kappa shape index (κ1) is 12.2. The molecule has 1 fully saturated rings. The van der Waals surface area contributed by atoms with Gasteiger partial charge in [-0.15, -0.1) is 12.3 Å². The Hall–Kier alpha value is -1.31. The minimum absolute atomic E-state index is 0.138. The molecule has 0 aliphatic carbocycles. The van der Waals surface area contributed by atoms with E-state index in [0.717, 1.165) is 51.2 Å². The molecule has 4 nitrogen and oxygen atoms in total. The predicted octanol–water partition coefficient (Wildman–Crippen LogP) is 1.35. The molecule has 2 rings (SSSR count). The van der Waals surface area contributed by atoms with Crippen molar-refractivity contribution in [2.24, 2.45) is 0 Å². The van der Waals surface area contributed by atoms with Crippen molar-refractivity contribution in [2.75, 3.05) is 19.7 Å². The number of aromatic nitrogens is 2. The van der Waals surface area contributed by atoms with Crippen LogP contribution in [-0.4, -0.2) is 29.2 Å². The molecule has 0 aromatic carbocycles. The van der Waals surface area contributed by atoms with Crippen LogP contribution in [0.5, 0.6) is 0 Å². The van der Waals surface area contributed by atoms with E-state index in [2.05, 4.69) is 20.8 Å². The van der Waals surface area contributed by atoms with Gasteiger partial charge in [0.2, 0.25) is 0 Å². The Bertz CT molecular complexity index is 374. The van der Waals surface area contributed by atoms with Gasteiger partial charge in [0.1, 0.15) is 6.10 Å². The van der Waals surface area contributed by atoms with Crippen molar-refractivity contribution in [3.63, 3.8) is 0 Å². The summed E-state index contributed by atoms with van der Waals surface area (Å²) >= 11 is 0. The van der Waals surface area contributed by atoms with Gasteiger partial charge < -0.3 is 14.6 Å². The fraction of sp³-hybridized carbons (Fsp3) is 0.615. The van der Waals surface area contributed by atoms with Crippen molar-refractivity contribution in [2.45, 2.75) is 31.9 Å². The number of hydrogen-bond acceptors (Lipinski definition) is 3. The molecule has 0 radical (unpaired) electrons. The summed E-state index contributed by atoms with van der Waals surface area (Å²) in [6.07, 6.45) is 12.2. The first-order chi connectivity index (χ1) is 8.42. The maximum Gasteiger partial charge on any atom is 0.111 e. The van der Waals surface area contributed by atoms with Crippen LogP contribution in [0.25, 0.3) is 0 Å². The first-order valence-corrected chi connectivity index (χ1v) is 6.17. The number of ether oxygens (including phenoxy) is 1. The van der Waals surface area contributed by atoms with Crippen molar-refractivity contribution in [1.82, 2.24) is 14.9 Å². The lowest BCUT2D eigenvalue weighted by atomic mass is 10.2. The molecule has 1 aromatic heterocycles. The molecule has 1 aromatic rings. The van der Waals surface area contributed by atoms with Crippen LogP contribution in [0.3, 0.4) is 0 Å². The van der Waals surface area contributed by atoms with Crippen molar-refractivity contribution in [3.8, 4) is 12.3 Å². The standard InChI is InChI=1S/C13H19N3O/c1-2-3-4-5-7-16-11-15-9-12(16)13-10-14-6-8-17-13/h1,9,11,13-14H,3-8,10H2. The largest absolute Gasteiger partial charge is 0.369 e. The van der Waals surface area contributed by atoms with E-state index in [-0.39, 0.29) is 6.10 Å². The maximum atomic E-state index is 5.73. The zero-order chi connectivity index (χ0) is 11.9. The second kappa shape index (κ2) is 6.43. The van der Waals surface area contributed by atoms with Crippen LogP contribution in [0.2, 0.25) is 0 Å². The average molecular weight is 233 g/mol. The molecule has 0 saturated carbocycles. The van der Waals surface area contributed by atoms with Gasteiger partial charge in [-0.1, -0.05) is 0 Å². The van der Waals surface area contributed by atoms with Gasteiger partial charge in [-0.25, -0.2) is 4.98 Å². The van der Waals surface area contributed by atoms with E-state index >= 15 is 0 Å². The number of nitrogens with one attached hydrogen (secondary N) is 1. The van der Waals surface area contributed by atoms with Gasteiger partial charge in [0.05, 0.1) is 24.8 Å². The predicted molar refractivity (Wildman–Crippen MR) is 66.5 cm³/mol. The third-order valence-electron chi connectivity index (χ3n) is 2.97. The molecule has 0 spiro atoms. The summed E-state index contributed by atoms with van der Waals surface area (Å²) in [7, 11) is 0. The number of terminal acetylenes is 1.